The van der Waals surface area contributed by atoms with Crippen molar-refractivity contribution in [1.82, 2.24) is 20.3 Å². The first-order chi connectivity index (χ1) is 24.5. The minimum atomic E-state index is -0.543. The van der Waals surface area contributed by atoms with E-state index in [2.05, 4.69) is 30.9 Å². The lowest BCUT2D eigenvalue weighted by Crippen LogP contribution is -2.28. The van der Waals surface area contributed by atoms with E-state index >= 15 is 0 Å². The summed E-state index contributed by atoms with van der Waals surface area (Å²) in [5, 5.41) is 9.22. The fraction of sp³-hybridized carbons (Fsp3) is 0.175. The highest BCUT2D eigenvalue weighted by Gasteiger charge is 2.17. The van der Waals surface area contributed by atoms with Crippen molar-refractivity contribution in [2.24, 2.45) is 5.73 Å². The number of benzene rings is 4. The standard InChI is InChI=1S/C40H39N7O4/c1-5-42-34-20-28(19-31(24(34)4)39(50)43-21-32-22(2)17-23(3)44-40(32)51)26-11-9-25(10-12-26)18-35(48)45-29-15-13-27(14-16-29)38-46-33-8-6-7-30(37(41)49)36(33)47-38/h6-17,19-20,42H,5,18,21H2,1-4H3,(H2,41,49)(H,43,50)(H,44,51)(H,45,48)(H,46,47). The second kappa shape index (κ2) is 14.6. The molecule has 6 aromatic rings. The Hall–Kier alpha value is -6.49. The van der Waals surface area contributed by atoms with Gasteiger partial charge in [-0.2, -0.15) is 0 Å². The molecule has 11 heteroatoms. The van der Waals surface area contributed by atoms with Crippen molar-refractivity contribution in [3.63, 3.8) is 0 Å². The molecule has 0 radical (unpaired) electrons. The number of hydrogen-bond donors (Lipinski definition) is 6. The number of aryl methyl sites for hydroxylation is 2. The van der Waals surface area contributed by atoms with Gasteiger partial charge in [-0.15, -0.1) is 0 Å². The summed E-state index contributed by atoms with van der Waals surface area (Å²) in [4.78, 5) is 61.3. The molecule has 3 amide bonds. The molecule has 11 nitrogen and oxygen atoms in total. The highest BCUT2D eigenvalue weighted by atomic mass is 16.2. The molecular weight excluding hydrogens is 642 g/mol. The molecule has 4 aromatic carbocycles. The zero-order chi connectivity index (χ0) is 36.2. The molecule has 258 valence electrons. The molecule has 0 saturated heterocycles. The first-order valence-electron chi connectivity index (χ1n) is 16.6. The molecule has 0 fully saturated rings. The second-order valence-corrected chi connectivity index (χ2v) is 12.5. The van der Waals surface area contributed by atoms with Crippen LogP contribution in [0.5, 0.6) is 0 Å². The Balaban J connectivity index is 1.13. The number of nitrogens with two attached hydrogens (primary N) is 1. The summed E-state index contributed by atoms with van der Waals surface area (Å²) < 4.78 is 0. The zero-order valence-corrected chi connectivity index (χ0v) is 28.9. The van der Waals surface area contributed by atoms with Crippen LogP contribution in [0.15, 0.2) is 89.7 Å². The van der Waals surface area contributed by atoms with Crippen LogP contribution in [0.25, 0.3) is 33.5 Å². The lowest BCUT2D eigenvalue weighted by Gasteiger charge is -2.16. The first kappa shape index (κ1) is 34.4. The molecule has 0 aliphatic heterocycles. The SMILES string of the molecule is CCNc1cc(-c2ccc(CC(=O)Nc3ccc(-c4nc5c(C(N)=O)cccc5[nH]4)cc3)cc2)cc(C(=O)NCc2c(C)cc(C)[nH]c2=O)c1C. The van der Waals surface area contributed by atoms with Crippen LogP contribution in [0.4, 0.5) is 11.4 Å². The normalized spacial score (nSPS) is 11.0. The quantitative estimate of drug-likeness (QED) is 0.0956. The average Bonchev–Trinajstić information content (AvgIpc) is 3.54. The van der Waals surface area contributed by atoms with Gasteiger partial charge in [-0.1, -0.05) is 30.3 Å². The smallest absolute Gasteiger partial charge is 0.253 e. The first-order valence-corrected chi connectivity index (χ1v) is 16.6. The predicted molar refractivity (Wildman–Crippen MR) is 201 cm³/mol. The van der Waals surface area contributed by atoms with E-state index in [0.29, 0.717) is 45.8 Å². The van der Waals surface area contributed by atoms with Crippen LogP contribution in [0.2, 0.25) is 0 Å². The number of pyridine rings is 1. The van der Waals surface area contributed by atoms with Crippen LogP contribution in [-0.2, 0) is 17.8 Å². The number of para-hydroxylation sites is 1. The number of fused-ring (bicyclic) bond motifs is 1. The average molecular weight is 682 g/mol. The number of nitrogens with zero attached hydrogens (tertiary/aromatic N) is 1. The summed E-state index contributed by atoms with van der Waals surface area (Å²) in [6, 6.07) is 25.9. The number of carbonyl (C=O) groups excluding carboxylic acids is 3. The summed E-state index contributed by atoms with van der Waals surface area (Å²) in [5.74, 6) is -0.399. The van der Waals surface area contributed by atoms with Crippen molar-refractivity contribution in [2.75, 3.05) is 17.2 Å². The van der Waals surface area contributed by atoms with E-state index in [9.17, 15) is 19.2 Å². The van der Waals surface area contributed by atoms with Crippen molar-refractivity contribution < 1.29 is 14.4 Å². The predicted octanol–water partition coefficient (Wildman–Crippen LogP) is 6.15. The molecule has 0 bridgehead atoms. The van der Waals surface area contributed by atoms with E-state index in [1.165, 1.54) is 0 Å². The number of imidazole rings is 1. The number of hydrogen-bond acceptors (Lipinski definition) is 6. The number of amides is 3. The van der Waals surface area contributed by atoms with E-state index < -0.39 is 5.91 Å². The number of nitrogens with one attached hydrogen (secondary N) is 5. The van der Waals surface area contributed by atoms with Gasteiger partial charge in [0.15, 0.2) is 0 Å². The molecule has 2 heterocycles. The maximum absolute atomic E-state index is 13.4. The fourth-order valence-electron chi connectivity index (χ4n) is 6.14. The lowest BCUT2D eigenvalue weighted by molar-refractivity contribution is -0.115. The topological polar surface area (TPSA) is 175 Å². The monoisotopic (exact) mass is 681 g/mol. The molecule has 0 aliphatic rings. The van der Waals surface area contributed by atoms with Gasteiger partial charge in [0, 0.05) is 46.8 Å². The number of H-pyrrole nitrogens is 2. The Kier molecular flexibility index (Phi) is 9.81. The van der Waals surface area contributed by atoms with Crippen LogP contribution in [0.3, 0.4) is 0 Å². The van der Waals surface area contributed by atoms with Gasteiger partial charge in [-0.05, 0) is 110 Å². The Morgan fingerprint density at radius 2 is 1.55 bits per heavy atom. The molecule has 0 atom stereocenters. The van der Waals surface area contributed by atoms with E-state index in [-0.39, 0.29) is 30.3 Å². The summed E-state index contributed by atoms with van der Waals surface area (Å²) in [5.41, 5.74) is 15.1. The summed E-state index contributed by atoms with van der Waals surface area (Å²) in [6.07, 6.45) is 0.170. The Morgan fingerprint density at radius 3 is 2.24 bits per heavy atom. The zero-order valence-electron chi connectivity index (χ0n) is 28.9. The van der Waals surface area contributed by atoms with Crippen LogP contribution in [-0.4, -0.2) is 39.2 Å². The maximum Gasteiger partial charge on any atom is 0.253 e. The number of carbonyl (C=O) groups is 3. The van der Waals surface area contributed by atoms with Crippen LogP contribution < -0.4 is 27.2 Å². The van der Waals surface area contributed by atoms with E-state index in [1.807, 2.05) is 88.4 Å². The van der Waals surface area contributed by atoms with E-state index in [4.69, 9.17) is 5.73 Å². The van der Waals surface area contributed by atoms with Crippen molar-refractivity contribution in [3.05, 3.63) is 134 Å². The van der Waals surface area contributed by atoms with E-state index in [0.717, 1.165) is 44.8 Å². The van der Waals surface area contributed by atoms with Crippen LogP contribution >= 0.6 is 0 Å². The van der Waals surface area contributed by atoms with Crippen LogP contribution in [0, 0.1) is 20.8 Å². The van der Waals surface area contributed by atoms with Gasteiger partial charge in [-0.25, -0.2) is 4.98 Å². The van der Waals surface area contributed by atoms with Gasteiger partial charge in [0.1, 0.15) is 11.3 Å². The molecular formula is C40H39N7O4. The maximum atomic E-state index is 13.4. The highest BCUT2D eigenvalue weighted by molar-refractivity contribution is 6.04. The number of aromatic amines is 2. The molecule has 0 spiro atoms. The molecule has 51 heavy (non-hydrogen) atoms. The number of aromatic nitrogens is 3. The Morgan fingerprint density at radius 1 is 0.824 bits per heavy atom. The minimum absolute atomic E-state index is 0.113. The van der Waals surface area contributed by atoms with Crippen molar-refractivity contribution >= 4 is 40.1 Å². The molecule has 7 N–H and O–H groups in total. The molecule has 0 saturated carbocycles. The van der Waals surface area contributed by atoms with Crippen molar-refractivity contribution in [2.45, 2.75) is 40.7 Å². The summed E-state index contributed by atoms with van der Waals surface area (Å²) >= 11 is 0. The lowest BCUT2D eigenvalue weighted by atomic mass is 9.96. The second-order valence-electron chi connectivity index (χ2n) is 12.5. The summed E-state index contributed by atoms with van der Waals surface area (Å²) in [6.45, 7) is 8.37. The fourth-order valence-corrected chi connectivity index (χ4v) is 6.14. The van der Waals surface area contributed by atoms with E-state index in [1.54, 1.807) is 24.3 Å². The molecule has 0 unspecified atom stereocenters. The Labute approximate surface area is 294 Å². The van der Waals surface area contributed by atoms with Crippen LogP contribution in [0.1, 0.15) is 55.6 Å². The van der Waals surface area contributed by atoms with Gasteiger partial charge in [0.2, 0.25) is 5.91 Å². The van der Waals surface area contributed by atoms with Gasteiger partial charge in [0.05, 0.1) is 17.5 Å². The molecule has 2 aromatic heterocycles. The minimum Gasteiger partial charge on any atom is -0.385 e. The third kappa shape index (κ3) is 7.57. The third-order valence-electron chi connectivity index (χ3n) is 8.81. The number of rotatable bonds is 11. The third-order valence-corrected chi connectivity index (χ3v) is 8.81. The molecule has 6 rings (SSSR count). The van der Waals surface area contributed by atoms with Gasteiger partial charge < -0.3 is 31.7 Å². The Bertz CT molecular complexity index is 2340. The largest absolute Gasteiger partial charge is 0.385 e. The molecule has 0 aliphatic carbocycles. The number of anilines is 2. The van der Waals surface area contributed by atoms with Gasteiger partial charge >= 0.3 is 0 Å². The highest BCUT2D eigenvalue weighted by Crippen LogP contribution is 2.30. The summed E-state index contributed by atoms with van der Waals surface area (Å²) in [7, 11) is 0. The van der Waals surface area contributed by atoms with Crippen molar-refractivity contribution in [1.29, 1.82) is 0 Å². The number of primary amides is 1. The van der Waals surface area contributed by atoms with Gasteiger partial charge in [0.25, 0.3) is 17.4 Å². The van der Waals surface area contributed by atoms with Gasteiger partial charge in [-0.3, -0.25) is 19.2 Å². The van der Waals surface area contributed by atoms with Crippen molar-refractivity contribution in [3.8, 4) is 22.5 Å².